The molecule has 0 bridgehead atoms. The van der Waals surface area contributed by atoms with E-state index in [1.165, 1.54) is 34.9 Å². The van der Waals surface area contributed by atoms with Crippen LogP contribution in [0.5, 0.6) is 5.75 Å². The van der Waals surface area contributed by atoms with Gasteiger partial charge in [0.2, 0.25) is 15.9 Å². The molecule has 1 unspecified atom stereocenters. The van der Waals surface area contributed by atoms with Gasteiger partial charge in [0.25, 0.3) is 0 Å². The summed E-state index contributed by atoms with van der Waals surface area (Å²) in [6.07, 6.45) is 1.17. The Bertz CT molecular complexity index is 820. The van der Waals surface area contributed by atoms with Crippen molar-refractivity contribution in [2.45, 2.75) is 30.3 Å². The lowest BCUT2D eigenvalue weighted by Gasteiger charge is -2.23. The van der Waals surface area contributed by atoms with Crippen LogP contribution in [-0.2, 0) is 21.4 Å². The van der Waals surface area contributed by atoms with Crippen LogP contribution in [0.4, 0.5) is 0 Å². The second-order valence-corrected chi connectivity index (χ2v) is 8.26. The zero-order chi connectivity index (χ0) is 17.9. The summed E-state index contributed by atoms with van der Waals surface area (Å²) in [4.78, 5) is 16.7. The minimum absolute atomic E-state index is 0.160. The van der Waals surface area contributed by atoms with Crippen LogP contribution in [0, 0.1) is 0 Å². The first kappa shape index (κ1) is 17.8. The van der Waals surface area contributed by atoms with Crippen LogP contribution >= 0.6 is 11.3 Å². The van der Waals surface area contributed by atoms with Crippen molar-refractivity contribution < 1.29 is 17.9 Å². The topological polar surface area (TPSA) is 88.6 Å². The average molecular weight is 381 g/mol. The maximum Gasteiger partial charge on any atom is 0.243 e. The van der Waals surface area contributed by atoms with Gasteiger partial charge in [-0.25, -0.2) is 13.4 Å². The molecular weight excluding hydrogens is 362 g/mol. The van der Waals surface area contributed by atoms with Crippen molar-refractivity contribution >= 4 is 27.3 Å². The Morgan fingerprint density at radius 2 is 2.16 bits per heavy atom. The molecule has 25 heavy (non-hydrogen) atoms. The van der Waals surface area contributed by atoms with Gasteiger partial charge in [0, 0.05) is 11.9 Å². The molecule has 1 fully saturated rings. The number of hydrogen-bond acceptors (Lipinski definition) is 6. The Morgan fingerprint density at radius 3 is 2.80 bits per heavy atom. The summed E-state index contributed by atoms with van der Waals surface area (Å²) < 4.78 is 32.1. The molecule has 1 aliphatic heterocycles. The van der Waals surface area contributed by atoms with Crippen molar-refractivity contribution in [3.05, 3.63) is 40.8 Å². The van der Waals surface area contributed by atoms with Gasteiger partial charge in [0.1, 0.15) is 11.8 Å². The van der Waals surface area contributed by atoms with Gasteiger partial charge in [-0.05, 0) is 37.1 Å². The lowest BCUT2D eigenvalue weighted by molar-refractivity contribution is -0.124. The Balaban J connectivity index is 1.73. The summed E-state index contributed by atoms with van der Waals surface area (Å²) in [5.41, 5.74) is 2.46. The third-order valence-electron chi connectivity index (χ3n) is 4.10. The number of nitrogens with zero attached hydrogens (tertiary/aromatic N) is 2. The number of carbonyl (C=O) groups is 1. The standard InChI is InChI=1S/C16H19N3O4S2/c1-23-13-4-6-14(7-5-13)25(21,22)19-8-2-3-15(19)16(20)17-9-12-10-24-11-18-12/h4-7,10-11,15H,2-3,8-9H2,1H3,(H,17,20). The molecule has 1 N–H and O–H groups in total. The number of benzene rings is 1. The highest BCUT2D eigenvalue weighted by atomic mass is 32.2. The van der Waals surface area contributed by atoms with E-state index in [0.29, 0.717) is 31.7 Å². The highest BCUT2D eigenvalue weighted by Crippen LogP contribution is 2.27. The van der Waals surface area contributed by atoms with Crippen LogP contribution < -0.4 is 10.1 Å². The number of methoxy groups -OCH3 is 1. The lowest BCUT2D eigenvalue weighted by atomic mass is 10.2. The van der Waals surface area contributed by atoms with Crippen LogP contribution in [0.15, 0.2) is 40.1 Å². The Morgan fingerprint density at radius 1 is 1.40 bits per heavy atom. The quantitative estimate of drug-likeness (QED) is 0.821. The predicted octanol–water partition coefficient (Wildman–Crippen LogP) is 1.62. The average Bonchev–Trinajstić information content (AvgIpc) is 3.31. The van der Waals surface area contributed by atoms with Gasteiger partial charge in [-0.3, -0.25) is 4.79 Å². The number of thiazole rings is 1. The van der Waals surface area contributed by atoms with E-state index in [-0.39, 0.29) is 10.8 Å². The number of amides is 1. The van der Waals surface area contributed by atoms with Gasteiger partial charge in [0.05, 0.1) is 29.8 Å². The molecule has 0 radical (unpaired) electrons. The van der Waals surface area contributed by atoms with Gasteiger partial charge >= 0.3 is 0 Å². The van der Waals surface area contributed by atoms with Gasteiger partial charge in [0.15, 0.2) is 0 Å². The van der Waals surface area contributed by atoms with E-state index in [0.717, 1.165) is 5.69 Å². The molecular formula is C16H19N3O4S2. The van der Waals surface area contributed by atoms with Crippen molar-refractivity contribution in [2.24, 2.45) is 0 Å². The molecule has 7 nitrogen and oxygen atoms in total. The number of aromatic nitrogens is 1. The molecule has 0 saturated carbocycles. The number of rotatable bonds is 6. The summed E-state index contributed by atoms with van der Waals surface area (Å²) >= 11 is 1.45. The molecule has 9 heteroatoms. The van der Waals surface area contributed by atoms with Crippen molar-refractivity contribution in [3.63, 3.8) is 0 Å². The molecule has 1 saturated heterocycles. The van der Waals surface area contributed by atoms with E-state index >= 15 is 0 Å². The highest BCUT2D eigenvalue weighted by molar-refractivity contribution is 7.89. The van der Waals surface area contributed by atoms with Gasteiger partial charge in [-0.2, -0.15) is 4.31 Å². The number of hydrogen-bond donors (Lipinski definition) is 1. The first-order valence-electron chi connectivity index (χ1n) is 7.83. The molecule has 1 aromatic heterocycles. The smallest absolute Gasteiger partial charge is 0.243 e. The first-order chi connectivity index (χ1) is 12.0. The summed E-state index contributed by atoms with van der Waals surface area (Å²) in [6.45, 7) is 0.637. The van der Waals surface area contributed by atoms with Gasteiger partial charge in [-0.15, -0.1) is 11.3 Å². The molecule has 3 rings (SSSR count). The number of ether oxygens (including phenoxy) is 1. The zero-order valence-corrected chi connectivity index (χ0v) is 15.3. The summed E-state index contributed by atoms with van der Waals surface area (Å²) in [6, 6.07) is 5.50. The van der Waals surface area contributed by atoms with E-state index in [1.54, 1.807) is 17.6 Å². The van der Waals surface area contributed by atoms with E-state index in [2.05, 4.69) is 10.3 Å². The molecule has 1 aromatic carbocycles. The molecule has 0 spiro atoms. The molecule has 1 aliphatic rings. The van der Waals surface area contributed by atoms with Crippen LogP contribution in [0.1, 0.15) is 18.5 Å². The van der Waals surface area contributed by atoms with E-state index in [1.807, 2.05) is 5.38 Å². The monoisotopic (exact) mass is 381 g/mol. The van der Waals surface area contributed by atoms with Gasteiger partial charge < -0.3 is 10.1 Å². The summed E-state index contributed by atoms with van der Waals surface area (Å²) in [5, 5.41) is 4.63. The fraction of sp³-hybridized carbons (Fsp3) is 0.375. The van der Waals surface area contributed by atoms with Crippen LogP contribution in [0.25, 0.3) is 0 Å². The Hall–Kier alpha value is -1.97. The van der Waals surface area contributed by atoms with Crippen molar-refractivity contribution in [2.75, 3.05) is 13.7 Å². The Labute approximate surface area is 150 Å². The van der Waals surface area contributed by atoms with Crippen LogP contribution in [0.2, 0.25) is 0 Å². The van der Waals surface area contributed by atoms with Crippen LogP contribution in [-0.4, -0.2) is 43.3 Å². The number of carbonyl (C=O) groups excluding carboxylic acids is 1. The predicted molar refractivity (Wildman–Crippen MR) is 93.9 cm³/mol. The van der Waals surface area contributed by atoms with Crippen molar-refractivity contribution in [3.8, 4) is 5.75 Å². The van der Waals surface area contributed by atoms with E-state index in [9.17, 15) is 13.2 Å². The largest absolute Gasteiger partial charge is 0.497 e. The number of nitrogens with one attached hydrogen (secondary N) is 1. The summed E-state index contributed by atoms with van der Waals surface area (Å²) in [5.74, 6) is 0.292. The highest BCUT2D eigenvalue weighted by Gasteiger charge is 2.39. The van der Waals surface area contributed by atoms with Gasteiger partial charge in [-0.1, -0.05) is 0 Å². The Kier molecular flexibility index (Phi) is 5.36. The van der Waals surface area contributed by atoms with Crippen molar-refractivity contribution in [1.29, 1.82) is 0 Å². The second-order valence-electron chi connectivity index (χ2n) is 5.65. The van der Waals surface area contributed by atoms with Crippen LogP contribution in [0.3, 0.4) is 0 Å². The molecule has 1 atom stereocenters. The lowest BCUT2D eigenvalue weighted by Crippen LogP contribution is -2.45. The van der Waals surface area contributed by atoms with E-state index in [4.69, 9.17) is 4.74 Å². The minimum atomic E-state index is -3.73. The third-order valence-corrected chi connectivity index (χ3v) is 6.66. The van der Waals surface area contributed by atoms with Crippen molar-refractivity contribution in [1.82, 2.24) is 14.6 Å². The molecule has 134 valence electrons. The maximum absolute atomic E-state index is 12.9. The maximum atomic E-state index is 12.9. The molecule has 0 aliphatic carbocycles. The number of sulfonamides is 1. The first-order valence-corrected chi connectivity index (χ1v) is 10.2. The minimum Gasteiger partial charge on any atom is -0.497 e. The molecule has 2 heterocycles. The normalized spacial score (nSPS) is 18.2. The fourth-order valence-corrected chi connectivity index (χ4v) is 5.01. The third kappa shape index (κ3) is 3.83. The summed E-state index contributed by atoms with van der Waals surface area (Å²) in [7, 11) is -2.21. The van der Waals surface area contributed by atoms with E-state index < -0.39 is 16.1 Å². The fourth-order valence-electron chi connectivity index (χ4n) is 2.79. The molecule has 2 aromatic rings. The SMILES string of the molecule is COc1ccc(S(=O)(=O)N2CCCC2C(=O)NCc2cscn2)cc1. The zero-order valence-electron chi connectivity index (χ0n) is 13.7. The molecule has 1 amide bonds. The second kappa shape index (κ2) is 7.51.